The van der Waals surface area contributed by atoms with Crippen molar-refractivity contribution >= 4 is 46.4 Å². The molecule has 0 heterocycles. The van der Waals surface area contributed by atoms with E-state index in [4.69, 9.17) is 27.9 Å². The lowest BCUT2D eigenvalue weighted by atomic mass is 10.2. The van der Waals surface area contributed by atoms with Crippen molar-refractivity contribution in [1.82, 2.24) is 0 Å². The first kappa shape index (κ1) is 20.7. The van der Waals surface area contributed by atoms with Crippen LogP contribution in [0, 0.1) is 6.92 Å². The molecule has 0 saturated carbocycles. The van der Waals surface area contributed by atoms with E-state index < -0.39 is 0 Å². The second-order valence-corrected chi connectivity index (χ2v) is 7.13. The predicted molar refractivity (Wildman–Crippen MR) is 116 cm³/mol. The lowest BCUT2D eigenvalue weighted by Gasteiger charge is -2.09. The predicted octanol–water partition coefficient (Wildman–Crippen LogP) is 5.57. The molecule has 7 heteroatoms. The maximum atomic E-state index is 12.3. The summed E-state index contributed by atoms with van der Waals surface area (Å²) in [7, 11) is 0. The van der Waals surface area contributed by atoms with Gasteiger partial charge in [0.1, 0.15) is 5.75 Å². The second kappa shape index (κ2) is 9.45. The van der Waals surface area contributed by atoms with Gasteiger partial charge in [-0.3, -0.25) is 9.59 Å². The average Bonchev–Trinajstić information content (AvgIpc) is 2.71. The fourth-order valence-electron chi connectivity index (χ4n) is 2.46. The molecule has 2 N–H and O–H groups in total. The Balaban J connectivity index is 1.51. The van der Waals surface area contributed by atoms with E-state index in [9.17, 15) is 9.59 Å². The zero-order valence-corrected chi connectivity index (χ0v) is 17.1. The van der Waals surface area contributed by atoms with Gasteiger partial charge < -0.3 is 15.4 Å². The van der Waals surface area contributed by atoms with Crippen molar-refractivity contribution < 1.29 is 14.3 Å². The Morgan fingerprint density at radius 1 is 0.862 bits per heavy atom. The molecule has 148 valence electrons. The number of amides is 2. The molecule has 0 aliphatic rings. The van der Waals surface area contributed by atoms with Crippen molar-refractivity contribution in [2.45, 2.75) is 6.92 Å². The monoisotopic (exact) mass is 428 g/mol. The molecule has 5 nitrogen and oxygen atoms in total. The van der Waals surface area contributed by atoms with E-state index in [1.54, 1.807) is 60.7 Å². The van der Waals surface area contributed by atoms with Crippen molar-refractivity contribution in [2.75, 3.05) is 17.2 Å². The highest BCUT2D eigenvalue weighted by atomic mass is 35.5. The number of halogens is 2. The van der Waals surface area contributed by atoms with Gasteiger partial charge in [0, 0.05) is 27.0 Å². The number of benzene rings is 3. The van der Waals surface area contributed by atoms with Gasteiger partial charge in [-0.2, -0.15) is 0 Å². The van der Waals surface area contributed by atoms with Gasteiger partial charge in [0.15, 0.2) is 6.61 Å². The van der Waals surface area contributed by atoms with Crippen LogP contribution in [0.1, 0.15) is 15.9 Å². The summed E-state index contributed by atoms with van der Waals surface area (Å²) < 4.78 is 5.47. The van der Waals surface area contributed by atoms with Crippen molar-refractivity contribution in [1.29, 1.82) is 0 Å². The highest BCUT2D eigenvalue weighted by Crippen LogP contribution is 2.20. The van der Waals surface area contributed by atoms with Gasteiger partial charge in [0.2, 0.25) is 0 Å². The van der Waals surface area contributed by atoms with Gasteiger partial charge in [-0.25, -0.2) is 0 Å². The fraction of sp³-hybridized carbons (Fsp3) is 0.0909. The number of nitrogens with one attached hydrogen (secondary N) is 2. The standard InChI is InChI=1S/C22H18Cl2N2O3/c1-14-2-7-18(12-20(14)24)25-21(27)13-29-19-10-3-15(4-11-19)22(28)26-17-8-5-16(23)6-9-17/h2-12H,13H2,1H3,(H,25,27)(H,26,28). The zero-order valence-electron chi connectivity index (χ0n) is 15.5. The number of rotatable bonds is 6. The molecule has 2 amide bonds. The summed E-state index contributed by atoms with van der Waals surface area (Å²) in [4.78, 5) is 24.3. The second-order valence-electron chi connectivity index (χ2n) is 6.29. The highest BCUT2D eigenvalue weighted by molar-refractivity contribution is 6.31. The molecule has 3 aromatic carbocycles. The van der Waals surface area contributed by atoms with Gasteiger partial charge in [-0.1, -0.05) is 29.3 Å². The molecule has 0 radical (unpaired) electrons. The number of aryl methyl sites for hydroxylation is 1. The minimum Gasteiger partial charge on any atom is -0.484 e. The molecule has 0 unspecified atom stereocenters. The maximum Gasteiger partial charge on any atom is 0.262 e. The summed E-state index contributed by atoms with van der Waals surface area (Å²) in [5.41, 5.74) is 2.64. The molecule has 0 bridgehead atoms. The average molecular weight is 429 g/mol. The highest BCUT2D eigenvalue weighted by Gasteiger charge is 2.08. The number of hydrogen-bond acceptors (Lipinski definition) is 3. The Morgan fingerprint density at radius 3 is 2.17 bits per heavy atom. The van der Waals surface area contributed by atoms with Crippen LogP contribution in [0.2, 0.25) is 10.0 Å². The molecule has 0 aromatic heterocycles. The Labute approximate surface area is 178 Å². The van der Waals surface area contributed by atoms with Gasteiger partial charge >= 0.3 is 0 Å². The van der Waals surface area contributed by atoms with Crippen LogP contribution in [-0.2, 0) is 4.79 Å². The summed E-state index contributed by atoms with van der Waals surface area (Å²) in [5, 5.41) is 6.67. The smallest absolute Gasteiger partial charge is 0.262 e. The van der Waals surface area contributed by atoms with Crippen LogP contribution in [0.4, 0.5) is 11.4 Å². The first-order chi connectivity index (χ1) is 13.9. The fourth-order valence-corrected chi connectivity index (χ4v) is 2.76. The van der Waals surface area contributed by atoms with E-state index in [0.717, 1.165) is 5.56 Å². The molecule has 0 aliphatic heterocycles. The van der Waals surface area contributed by atoms with E-state index in [1.807, 2.05) is 13.0 Å². The molecule has 0 aliphatic carbocycles. The third-order valence-corrected chi connectivity index (χ3v) is 4.70. The minimum absolute atomic E-state index is 0.165. The van der Waals surface area contributed by atoms with Gasteiger partial charge in [0.05, 0.1) is 0 Å². The van der Waals surface area contributed by atoms with Crippen LogP contribution < -0.4 is 15.4 Å². The molecule has 29 heavy (non-hydrogen) atoms. The van der Waals surface area contributed by atoms with Crippen LogP contribution in [0.15, 0.2) is 66.7 Å². The molecule has 0 spiro atoms. The van der Waals surface area contributed by atoms with E-state index in [0.29, 0.717) is 32.7 Å². The number of hydrogen-bond donors (Lipinski definition) is 2. The minimum atomic E-state index is -0.311. The molecular weight excluding hydrogens is 411 g/mol. The lowest BCUT2D eigenvalue weighted by molar-refractivity contribution is -0.118. The molecule has 0 saturated heterocycles. The van der Waals surface area contributed by atoms with Crippen LogP contribution in [0.3, 0.4) is 0 Å². The summed E-state index contributed by atoms with van der Waals surface area (Å²) >= 11 is 11.9. The molecular formula is C22H18Cl2N2O3. The zero-order chi connectivity index (χ0) is 20.8. The van der Waals surface area contributed by atoms with Crippen LogP contribution in [0.5, 0.6) is 5.75 Å². The van der Waals surface area contributed by atoms with Gasteiger partial charge in [0.25, 0.3) is 11.8 Å². The quantitative estimate of drug-likeness (QED) is 0.538. The van der Waals surface area contributed by atoms with Crippen molar-refractivity contribution in [3.63, 3.8) is 0 Å². The van der Waals surface area contributed by atoms with Gasteiger partial charge in [-0.05, 0) is 73.2 Å². The van der Waals surface area contributed by atoms with E-state index >= 15 is 0 Å². The first-order valence-electron chi connectivity index (χ1n) is 8.76. The Bertz CT molecular complexity index is 1020. The summed E-state index contributed by atoms with van der Waals surface area (Å²) in [6.07, 6.45) is 0. The Morgan fingerprint density at radius 2 is 1.52 bits per heavy atom. The summed E-state index contributed by atoms with van der Waals surface area (Å²) in [6.45, 7) is 1.72. The maximum absolute atomic E-state index is 12.3. The molecule has 3 rings (SSSR count). The number of ether oxygens (including phenoxy) is 1. The van der Waals surface area contributed by atoms with Gasteiger partial charge in [-0.15, -0.1) is 0 Å². The van der Waals surface area contributed by atoms with Crippen LogP contribution in [0.25, 0.3) is 0 Å². The van der Waals surface area contributed by atoms with Crippen molar-refractivity contribution in [3.8, 4) is 5.75 Å². The number of carbonyl (C=O) groups excluding carboxylic acids is 2. The van der Waals surface area contributed by atoms with Crippen LogP contribution in [-0.4, -0.2) is 18.4 Å². The van der Waals surface area contributed by atoms with Crippen molar-refractivity contribution in [2.24, 2.45) is 0 Å². The van der Waals surface area contributed by atoms with Crippen molar-refractivity contribution in [3.05, 3.63) is 87.9 Å². The van der Waals surface area contributed by atoms with E-state index in [1.165, 1.54) is 0 Å². The normalized spacial score (nSPS) is 10.3. The van der Waals surface area contributed by atoms with E-state index in [-0.39, 0.29) is 18.4 Å². The van der Waals surface area contributed by atoms with Crippen LogP contribution >= 0.6 is 23.2 Å². The van der Waals surface area contributed by atoms with E-state index in [2.05, 4.69) is 10.6 Å². The largest absolute Gasteiger partial charge is 0.484 e. The third kappa shape index (κ3) is 5.98. The molecule has 0 atom stereocenters. The number of carbonyl (C=O) groups is 2. The SMILES string of the molecule is Cc1ccc(NC(=O)COc2ccc(C(=O)Nc3ccc(Cl)cc3)cc2)cc1Cl. The topological polar surface area (TPSA) is 67.4 Å². The summed E-state index contributed by atoms with van der Waals surface area (Å²) in [6, 6.07) is 18.6. The first-order valence-corrected chi connectivity index (χ1v) is 9.52. The molecule has 3 aromatic rings. The molecule has 0 fully saturated rings. The third-order valence-electron chi connectivity index (χ3n) is 4.04. The summed E-state index contributed by atoms with van der Waals surface area (Å²) in [5.74, 6) is -0.0903. The number of anilines is 2. The Kier molecular flexibility index (Phi) is 6.75. The lowest BCUT2D eigenvalue weighted by Crippen LogP contribution is -2.20. The Hall–Kier alpha value is -3.02.